The number of likely N-dealkylation sites (tertiary alicyclic amines) is 2. The number of hydrogen-bond donors (Lipinski definition) is 1. The first-order valence-corrected chi connectivity index (χ1v) is 25.7. The second-order valence-corrected chi connectivity index (χ2v) is 23.0. The van der Waals surface area contributed by atoms with Crippen LogP contribution in [0, 0.1) is 30.1 Å². The minimum absolute atomic E-state index is 0.00674. The highest BCUT2D eigenvalue weighted by Crippen LogP contribution is 2.72. The van der Waals surface area contributed by atoms with E-state index in [4.69, 9.17) is 34.7 Å². The first-order chi connectivity index (χ1) is 32.3. The molecule has 7 aliphatic rings. The molecule has 15 heteroatoms. The summed E-state index contributed by atoms with van der Waals surface area (Å²) >= 11 is 1.60. The number of pyridine rings is 1. The monoisotopic (exact) mass is 926 g/mol. The maximum Gasteiger partial charge on any atom is 0.273 e. The molecule has 0 radical (unpaired) electrons. The Balaban J connectivity index is 0.893. The van der Waals surface area contributed by atoms with Crippen molar-refractivity contribution in [2.75, 3.05) is 62.7 Å². The molecule has 2 saturated heterocycles. The van der Waals surface area contributed by atoms with Crippen LogP contribution in [-0.4, -0.2) is 116 Å². The van der Waals surface area contributed by atoms with E-state index in [1.54, 1.807) is 18.3 Å². The number of carbonyl (C=O) groups is 2. The number of nitrogens with one attached hydrogen (secondary N) is 1. The molecular weight excluding hydrogens is 861 g/mol. The highest BCUT2D eigenvalue weighted by Gasteiger charge is 2.66. The van der Waals surface area contributed by atoms with Gasteiger partial charge in [-0.25, -0.2) is 9.97 Å². The first kappa shape index (κ1) is 44.7. The van der Waals surface area contributed by atoms with Crippen molar-refractivity contribution in [2.45, 2.75) is 130 Å². The van der Waals surface area contributed by atoms with Crippen LogP contribution in [0.25, 0.3) is 21.3 Å². The number of piperidine rings is 1. The molecule has 7 heterocycles. The lowest BCUT2D eigenvalue weighted by molar-refractivity contribution is -0.248. The van der Waals surface area contributed by atoms with E-state index in [9.17, 15) is 9.59 Å². The number of aromatic nitrogens is 6. The number of nitrogens with zero attached hydrogens (tertiary/aromatic N) is 9. The lowest BCUT2D eigenvalue weighted by atomic mass is 9.39. The van der Waals surface area contributed by atoms with Crippen molar-refractivity contribution >= 4 is 55.8 Å². The molecule has 6 fully saturated rings. The van der Waals surface area contributed by atoms with Crippen LogP contribution in [0.1, 0.15) is 119 Å². The largest absolute Gasteiger partial charge is 0.374 e. The van der Waals surface area contributed by atoms with Crippen LogP contribution < -0.4 is 10.2 Å². The minimum atomic E-state index is -0.112. The van der Waals surface area contributed by atoms with Gasteiger partial charge in [0, 0.05) is 60.7 Å². The number of ether oxygens (including phenoxy) is 2. The summed E-state index contributed by atoms with van der Waals surface area (Å²) in [5.74, 6) is 2.02. The fourth-order valence-corrected chi connectivity index (χ4v) is 15.1. The molecule has 67 heavy (non-hydrogen) atoms. The Morgan fingerprint density at radius 2 is 1.64 bits per heavy atom. The summed E-state index contributed by atoms with van der Waals surface area (Å²) in [5, 5.41) is 18.9. The van der Waals surface area contributed by atoms with Crippen LogP contribution in [0.3, 0.4) is 0 Å². The Morgan fingerprint density at radius 1 is 0.866 bits per heavy atom. The molecule has 1 amide bonds. The third-order valence-corrected chi connectivity index (χ3v) is 17.0. The number of thiazole rings is 1. The number of Topliss-reactive ketones (excluding diaryl/α,β-unsaturated/α-hetero) is 1. The van der Waals surface area contributed by atoms with Gasteiger partial charge >= 0.3 is 0 Å². The van der Waals surface area contributed by atoms with Crippen LogP contribution in [0.5, 0.6) is 0 Å². The molecule has 12 rings (SSSR count). The fourth-order valence-electron chi connectivity index (χ4n) is 14.3. The number of benzene rings is 1. The number of fused-ring (bicyclic) bond motifs is 2. The number of carbonyl (C=O) groups excluding carboxylic acids is 2. The third-order valence-electron chi connectivity index (χ3n) is 16.1. The number of anilines is 4. The van der Waals surface area contributed by atoms with Crippen molar-refractivity contribution in [3.63, 3.8) is 0 Å². The molecule has 4 bridgehead atoms. The van der Waals surface area contributed by atoms with E-state index in [0.717, 1.165) is 101 Å². The van der Waals surface area contributed by atoms with Gasteiger partial charge in [0.25, 0.3) is 5.91 Å². The molecule has 3 aliphatic heterocycles. The molecule has 2 atom stereocenters. The number of ketones is 1. The molecule has 354 valence electrons. The summed E-state index contributed by atoms with van der Waals surface area (Å²) < 4.78 is 16.3. The van der Waals surface area contributed by atoms with Crippen molar-refractivity contribution in [2.24, 2.45) is 16.2 Å². The van der Waals surface area contributed by atoms with E-state index >= 15 is 0 Å². The van der Waals surface area contributed by atoms with Crippen LogP contribution in [-0.2, 0) is 27.2 Å². The van der Waals surface area contributed by atoms with Gasteiger partial charge in [0.1, 0.15) is 18.1 Å². The molecule has 1 N–H and O–H groups in total. The van der Waals surface area contributed by atoms with Gasteiger partial charge in [-0.05, 0) is 151 Å². The van der Waals surface area contributed by atoms with E-state index in [1.807, 2.05) is 35.4 Å². The molecule has 1 aromatic carbocycles. The summed E-state index contributed by atoms with van der Waals surface area (Å²) in [6, 6.07) is 12.2. The predicted octanol–water partition coefficient (Wildman–Crippen LogP) is 9.23. The first-order valence-electron chi connectivity index (χ1n) is 24.8. The maximum atomic E-state index is 14.9. The highest BCUT2D eigenvalue weighted by molar-refractivity contribution is 7.22. The van der Waals surface area contributed by atoms with Crippen molar-refractivity contribution < 1.29 is 19.1 Å². The maximum absolute atomic E-state index is 14.9. The van der Waals surface area contributed by atoms with Gasteiger partial charge in [0.15, 0.2) is 22.6 Å². The Labute approximate surface area is 398 Å². The van der Waals surface area contributed by atoms with Crippen molar-refractivity contribution in [1.29, 1.82) is 0 Å². The van der Waals surface area contributed by atoms with Crippen LogP contribution in [0.2, 0.25) is 0 Å². The average molecular weight is 927 g/mol. The minimum Gasteiger partial charge on any atom is -0.374 e. The quantitative estimate of drug-likeness (QED) is 0.113. The lowest BCUT2D eigenvalue weighted by Crippen LogP contribution is -2.64. The Morgan fingerprint density at radius 3 is 2.40 bits per heavy atom. The second kappa shape index (κ2) is 17.3. The molecule has 4 aliphatic carbocycles. The molecule has 4 saturated carbocycles. The van der Waals surface area contributed by atoms with Gasteiger partial charge in [-0.1, -0.05) is 37.3 Å². The average Bonchev–Trinajstić information content (AvgIpc) is 4.05. The van der Waals surface area contributed by atoms with E-state index in [0.29, 0.717) is 49.8 Å². The zero-order chi connectivity index (χ0) is 46.1. The topological polar surface area (TPSA) is 144 Å². The summed E-state index contributed by atoms with van der Waals surface area (Å²) in [6.07, 6.45) is 14.6. The summed E-state index contributed by atoms with van der Waals surface area (Å²) in [4.78, 5) is 43.3. The zero-order valence-electron chi connectivity index (χ0n) is 40.0. The highest BCUT2D eigenvalue weighted by atomic mass is 32.1. The van der Waals surface area contributed by atoms with Crippen molar-refractivity contribution in [3.8, 4) is 11.1 Å². The van der Waals surface area contributed by atoms with Gasteiger partial charge in [-0.15, -0.1) is 10.2 Å². The van der Waals surface area contributed by atoms with E-state index in [1.165, 1.54) is 45.2 Å². The Kier molecular flexibility index (Phi) is 11.5. The van der Waals surface area contributed by atoms with E-state index < -0.39 is 0 Å². The lowest BCUT2D eigenvalue weighted by Gasteiger charge is -2.69. The predicted molar refractivity (Wildman–Crippen MR) is 261 cm³/mol. The van der Waals surface area contributed by atoms with Gasteiger partial charge in [-0.2, -0.15) is 5.10 Å². The molecular formula is C52H66N10O4S. The van der Waals surface area contributed by atoms with Crippen LogP contribution >= 0.6 is 11.3 Å². The zero-order valence-corrected chi connectivity index (χ0v) is 40.9. The van der Waals surface area contributed by atoms with Gasteiger partial charge in [0.2, 0.25) is 0 Å². The third kappa shape index (κ3) is 8.67. The fraction of sp³-hybridized carbons (Fsp3) is 0.596. The van der Waals surface area contributed by atoms with Crippen LogP contribution in [0.15, 0.2) is 42.6 Å². The van der Waals surface area contributed by atoms with E-state index in [2.05, 4.69) is 59.6 Å². The van der Waals surface area contributed by atoms with Crippen molar-refractivity contribution in [3.05, 3.63) is 65.1 Å². The van der Waals surface area contributed by atoms with Gasteiger partial charge in [0.05, 0.1) is 34.7 Å². The second-order valence-electron chi connectivity index (χ2n) is 22.0. The summed E-state index contributed by atoms with van der Waals surface area (Å²) in [6.45, 7) is 17.8. The summed E-state index contributed by atoms with van der Waals surface area (Å²) in [7, 11) is 0. The van der Waals surface area contributed by atoms with Gasteiger partial charge < -0.3 is 29.5 Å². The SMILES string of the molecule is CC(=O)COC1CCN(C(=O)c2nc(N3CCCc4c3nnc(Nc3nc5ccccc5s3)c4C)ccc2-c2cnn(CC34CC5(C)CC(C)(C3)CC(OCCN3CCCC3)(C5)C4)c2C)CC1. The van der Waals surface area contributed by atoms with Crippen molar-refractivity contribution in [1.82, 2.24) is 39.7 Å². The summed E-state index contributed by atoms with van der Waals surface area (Å²) in [5.41, 5.74) is 6.75. The number of hydrogen-bond acceptors (Lipinski definition) is 13. The Hall–Kier alpha value is -4.83. The molecule has 0 spiro atoms. The molecule has 2 unspecified atom stereocenters. The van der Waals surface area contributed by atoms with E-state index in [-0.39, 0.29) is 46.2 Å². The Bertz CT molecular complexity index is 2650. The number of rotatable bonds is 14. The number of para-hydroxylation sites is 1. The normalized spacial score (nSPS) is 27.3. The standard InChI is InChI=1S/C52H66N10O4S/c1-34(63)26-65-37-16-21-60(22-17-37)47(64)44-39(14-15-43(55-44)61-20-10-11-38-35(2)45(57-58-46(38)61)56-48-54-41-12-6-7-13-42(41)67-48)40-25-53-62(36(40)3)33-51-28-49(4)27-50(5,29-51)31-52(30-49,32-51)66-24-23-59-18-8-9-19-59/h6-7,12-15,25,37H,8-11,16-24,26-33H2,1-5H3,(H,54,56,57). The van der Waals surface area contributed by atoms with Crippen LogP contribution in [0.4, 0.5) is 22.6 Å². The molecule has 14 nitrogen and oxygen atoms in total. The number of amides is 1. The smallest absolute Gasteiger partial charge is 0.273 e. The van der Waals surface area contributed by atoms with Gasteiger partial charge in [-0.3, -0.25) is 14.3 Å². The molecule has 4 aromatic heterocycles. The molecule has 5 aromatic rings.